The summed E-state index contributed by atoms with van der Waals surface area (Å²) < 4.78 is 2.05. The van der Waals surface area contributed by atoms with E-state index in [9.17, 15) is 14.7 Å². The summed E-state index contributed by atoms with van der Waals surface area (Å²) in [5.74, 6) is -0.574. The number of carboxylic acid groups (broad SMARTS) is 1. The Morgan fingerprint density at radius 1 is 1.27 bits per heavy atom. The molecule has 0 saturated heterocycles. The van der Waals surface area contributed by atoms with E-state index in [1.165, 1.54) is 4.90 Å². The average molecular weight is 355 g/mol. The number of benzene rings is 1. The number of carbonyl (C=O) groups is 2. The molecule has 6 nitrogen and oxygen atoms in total. The van der Waals surface area contributed by atoms with Crippen LogP contribution < -0.4 is 0 Å². The van der Waals surface area contributed by atoms with Crippen molar-refractivity contribution in [3.63, 3.8) is 0 Å². The van der Waals surface area contributed by atoms with Crippen molar-refractivity contribution in [1.82, 2.24) is 14.5 Å². The number of amides is 1. The van der Waals surface area contributed by atoms with Gasteiger partial charge in [-0.3, -0.25) is 4.79 Å². The van der Waals surface area contributed by atoms with E-state index in [1.54, 1.807) is 6.33 Å². The van der Waals surface area contributed by atoms with Crippen LogP contribution in [0.25, 0.3) is 0 Å². The van der Waals surface area contributed by atoms with Crippen molar-refractivity contribution in [3.05, 3.63) is 53.6 Å². The summed E-state index contributed by atoms with van der Waals surface area (Å²) in [6, 6.07) is 8.57. The van der Waals surface area contributed by atoms with E-state index in [-0.39, 0.29) is 18.9 Å². The van der Waals surface area contributed by atoms with Gasteiger partial charge < -0.3 is 14.6 Å². The normalized spacial score (nSPS) is 16.6. The number of aliphatic carboxylic acids is 1. The van der Waals surface area contributed by atoms with Gasteiger partial charge in [-0.05, 0) is 17.9 Å². The van der Waals surface area contributed by atoms with Crippen LogP contribution in [0.4, 0.5) is 0 Å². The maximum Gasteiger partial charge on any atom is 0.326 e. The highest BCUT2D eigenvalue weighted by Gasteiger charge is 2.36. The molecule has 1 amide bonds. The number of hydrogen-bond donors (Lipinski definition) is 1. The van der Waals surface area contributed by atoms with E-state index in [2.05, 4.69) is 18.8 Å². The lowest BCUT2D eigenvalue weighted by Crippen LogP contribution is -2.49. The molecule has 1 N–H and O–H groups in total. The van der Waals surface area contributed by atoms with E-state index in [0.717, 1.165) is 29.9 Å². The van der Waals surface area contributed by atoms with Gasteiger partial charge in [0.1, 0.15) is 6.04 Å². The first kappa shape index (κ1) is 18.2. The van der Waals surface area contributed by atoms with Gasteiger partial charge in [-0.15, -0.1) is 0 Å². The number of nitrogens with zero attached hydrogens (tertiary/aromatic N) is 3. The first-order valence-corrected chi connectivity index (χ1v) is 9.04. The Morgan fingerprint density at radius 2 is 2.00 bits per heavy atom. The standard InChI is InChI=1S/C20H25N3O3/c1-14(2)8-9-22-13-21-16-12-23(18(20(25)26)11-17(16)22)19(24)10-15-6-4-3-5-7-15/h3-7,13-14,18H,8-12H2,1-2H3,(H,25,26)/t18-/m0/s1. The van der Waals surface area contributed by atoms with Crippen LogP contribution in [-0.4, -0.2) is 37.5 Å². The summed E-state index contributed by atoms with van der Waals surface area (Å²) in [4.78, 5) is 30.4. The van der Waals surface area contributed by atoms with Crippen LogP contribution >= 0.6 is 0 Å². The highest BCUT2D eigenvalue weighted by Crippen LogP contribution is 2.24. The molecule has 1 atom stereocenters. The lowest BCUT2D eigenvalue weighted by molar-refractivity contribution is -0.151. The number of imidazole rings is 1. The quantitative estimate of drug-likeness (QED) is 0.864. The van der Waals surface area contributed by atoms with Crippen LogP contribution in [0.1, 0.15) is 37.2 Å². The minimum Gasteiger partial charge on any atom is -0.480 e. The first-order valence-electron chi connectivity index (χ1n) is 9.04. The van der Waals surface area contributed by atoms with Gasteiger partial charge in [0, 0.05) is 18.7 Å². The number of carboxylic acids is 1. The zero-order valence-corrected chi connectivity index (χ0v) is 15.3. The van der Waals surface area contributed by atoms with Crippen molar-refractivity contribution in [2.24, 2.45) is 5.92 Å². The third-order valence-corrected chi connectivity index (χ3v) is 4.87. The molecular weight excluding hydrogens is 330 g/mol. The fourth-order valence-electron chi connectivity index (χ4n) is 3.33. The highest BCUT2D eigenvalue weighted by molar-refractivity contribution is 5.85. The molecule has 3 rings (SSSR count). The number of aryl methyl sites for hydroxylation is 1. The minimum absolute atomic E-state index is 0.175. The maximum atomic E-state index is 12.7. The second-order valence-corrected chi connectivity index (χ2v) is 7.26. The Bertz CT molecular complexity index is 783. The molecule has 6 heteroatoms. The van der Waals surface area contributed by atoms with E-state index < -0.39 is 12.0 Å². The number of carbonyl (C=O) groups excluding carboxylic acids is 1. The number of hydrogen-bond acceptors (Lipinski definition) is 3. The summed E-state index contributed by atoms with van der Waals surface area (Å²) in [7, 11) is 0. The van der Waals surface area contributed by atoms with E-state index in [4.69, 9.17) is 0 Å². The molecule has 0 aliphatic carbocycles. The Labute approximate surface area is 153 Å². The summed E-state index contributed by atoms with van der Waals surface area (Å²) in [6.07, 6.45) is 3.30. The van der Waals surface area contributed by atoms with Gasteiger partial charge in [-0.25, -0.2) is 9.78 Å². The Balaban J connectivity index is 1.79. The number of aromatic nitrogens is 2. The SMILES string of the molecule is CC(C)CCn1cnc2c1C[C@@H](C(=O)O)N(C(=O)Cc1ccccc1)C2. The Kier molecular flexibility index (Phi) is 5.40. The van der Waals surface area contributed by atoms with Crippen LogP contribution in [0.15, 0.2) is 36.7 Å². The van der Waals surface area contributed by atoms with Gasteiger partial charge in [0.2, 0.25) is 5.91 Å². The zero-order valence-electron chi connectivity index (χ0n) is 15.3. The molecule has 0 saturated carbocycles. The van der Waals surface area contributed by atoms with Crippen molar-refractivity contribution < 1.29 is 14.7 Å². The second-order valence-electron chi connectivity index (χ2n) is 7.26. The first-order chi connectivity index (χ1) is 12.5. The van der Waals surface area contributed by atoms with Crippen LogP contribution in [0.2, 0.25) is 0 Å². The van der Waals surface area contributed by atoms with Gasteiger partial charge in [-0.2, -0.15) is 0 Å². The van der Waals surface area contributed by atoms with Gasteiger partial charge in [0.15, 0.2) is 0 Å². The largest absolute Gasteiger partial charge is 0.480 e. The monoisotopic (exact) mass is 355 g/mol. The molecule has 1 aromatic heterocycles. The van der Waals surface area contributed by atoms with Crippen LogP contribution in [0.5, 0.6) is 0 Å². The van der Waals surface area contributed by atoms with Crippen LogP contribution in [-0.2, 0) is 35.5 Å². The van der Waals surface area contributed by atoms with Crippen LogP contribution in [0.3, 0.4) is 0 Å². The van der Waals surface area contributed by atoms with E-state index in [1.807, 2.05) is 34.9 Å². The predicted molar refractivity (Wildman–Crippen MR) is 97.5 cm³/mol. The van der Waals surface area contributed by atoms with Gasteiger partial charge in [0.25, 0.3) is 0 Å². The lowest BCUT2D eigenvalue weighted by Gasteiger charge is -2.33. The molecule has 26 heavy (non-hydrogen) atoms. The maximum absolute atomic E-state index is 12.7. The molecule has 1 aromatic carbocycles. The lowest BCUT2D eigenvalue weighted by atomic mass is 10.0. The Hall–Kier alpha value is -2.63. The molecular formula is C20H25N3O3. The second kappa shape index (κ2) is 7.72. The third kappa shape index (κ3) is 3.95. The van der Waals surface area contributed by atoms with Crippen molar-refractivity contribution >= 4 is 11.9 Å². The molecule has 0 bridgehead atoms. The zero-order chi connectivity index (χ0) is 18.7. The third-order valence-electron chi connectivity index (χ3n) is 4.87. The van der Waals surface area contributed by atoms with Crippen molar-refractivity contribution in [2.45, 2.75) is 52.2 Å². The van der Waals surface area contributed by atoms with Crippen molar-refractivity contribution in [1.29, 1.82) is 0 Å². The van der Waals surface area contributed by atoms with E-state index >= 15 is 0 Å². The summed E-state index contributed by atoms with van der Waals surface area (Å²) >= 11 is 0. The molecule has 1 aliphatic rings. The average Bonchev–Trinajstić information content (AvgIpc) is 3.01. The number of rotatable bonds is 6. The smallest absolute Gasteiger partial charge is 0.326 e. The molecule has 0 unspecified atom stereocenters. The number of fused-ring (bicyclic) bond motifs is 1. The predicted octanol–water partition coefficient (Wildman–Crippen LogP) is 2.51. The fraction of sp³-hybridized carbons (Fsp3) is 0.450. The molecule has 2 aromatic rings. The molecule has 0 spiro atoms. The van der Waals surface area contributed by atoms with Gasteiger partial charge in [0.05, 0.1) is 25.0 Å². The molecule has 0 fully saturated rings. The summed E-state index contributed by atoms with van der Waals surface area (Å²) in [6.45, 7) is 5.40. The molecule has 2 heterocycles. The van der Waals surface area contributed by atoms with Gasteiger partial charge in [-0.1, -0.05) is 44.2 Å². The Morgan fingerprint density at radius 3 is 2.65 bits per heavy atom. The van der Waals surface area contributed by atoms with Crippen molar-refractivity contribution in [3.8, 4) is 0 Å². The van der Waals surface area contributed by atoms with Crippen molar-refractivity contribution in [2.75, 3.05) is 0 Å². The fourth-order valence-corrected chi connectivity index (χ4v) is 3.33. The van der Waals surface area contributed by atoms with Crippen LogP contribution in [0, 0.1) is 5.92 Å². The summed E-state index contributed by atoms with van der Waals surface area (Å²) in [5, 5.41) is 9.67. The highest BCUT2D eigenvalue weighted by atomic mass is 16.4. The summed E-state index contributed by atoms with van der Waals surface area (Å²) in [5.41, 5.74) is 2.64. The molecule has 138 valence electrons. The van der Waals surface area contributed by atoms with E-state index in [0.29, 0.717) is 12.3 Å². The minimum atomic E-state index is -0.964. The topological polar surface area (TPSA) is 75.4 Å². The molecule has 0 radical (unpaired) electrons. The van der Waals surface area contributed by atoms with Gasteiger partial charge >= 0.3 is 5.97 Å². The molecule has 1 aliphatic heterocycles.